The van der Waals surface area contributed by atoms with Gasteiger partial charge in [0.2, 0.25) is 5.91 Å². The van der Waals surface area contributed by atoms with Gasteiger partial charge < -0.3 is 4.57 Å². The molecule has 4 nitrogen and oxygen atoms in total. The van der Waals surface area contributed by atoms with E-state index in [9.17, 15) is 18.0 Å². The molecule has 1 heterocycles. The molecule has 1 aromatic heterocycles. The summed E-state index contributed by atoms with van der Waals surface area (Å²) in [6.07, 6.45) is -2.17. The third-order valence-electron chi connectivity index (χ3n) is 5.10. The average Bonchev–Trinajstić information content (AvgIpc) is 3.00. The van der Waals surface area contributed by atoms with Crippen LogP contribution in [0.1, 0.15) is 40.6 Å². The van der Waals surface area contributed by atoms with Crippen molar-refractivity contribution in [1.29, 1.82) is 0 Å². The van der Waals surface area contributed by atoms with Crippen LogP contribution < -0.4 is 5.43 Å². The highest BCUT2D eigenvalue weighted by Crippen LogP contribution is 2.29. The Morgan fingerprint density at radius 2 is 1.84 bits per heavy atom. The van der Waals surface area contributed by atoms with Gasteiger partial charge in [-0.1, -0.05) is 43.3 Å². The molecule has 2 aromatic carbocycles. The minimum atomic E-state index is -4.44. The number of carbonyl (C=O) groups excluding carboxylic acids is 1. The van der Waals surface area contributed by atoms with Crippen LogP contribution in [0.4, 0.5) is 13.2 Å². The van der Waals surface area contributed by atoms with Gasteiger partial charge in [-0.2, -0.15) is 18.3 Å². The molecule has 7 heteroatoms. The quantitative estimate of drug-likeness (QED) is 0.417. The second-order valence-corrected chi connectivity index (χ2v) is 7.31. The summed E-state index contributed by atoms with van der Waals surface area (Å²) in [7, 11) is 0. The number of halogens is 3. The number of nitrogens with zero attached hydrogens (tertiary/aromatic N) is 2. The van der Waals surface area contributed by atoms with Crippen molar-refractivity contribution in [2.45, 2.75) is 39.8 Å². The highest BCUT2D eigenvalue weighted by Gasteiger charge is 2.30. The van der Waals surface area contributed by atoms with Gasteiger partial charge >= 0.3 is 6.18 Å². The van der Waals surface area contributed by atoms with Crippen LogP contribution in [0.5, 0.6) is 0 Å². The van der Waals surface area contributed by atoms with Crippen LogP contribution in [0.25, 0.3) is 5.69 Å². The summed E-state index contributed by atoms with van der Waals surface area (Å²) in [4.78, 5) is 12.1. The fourth-order valence-corrected chi connectivity index (χ4v) is 3.57. The number of aryl methyl sites for hydroxylation is 2. The first-order chi connectivity index (χ1) is 14.7. The topological polar surface area (TPSA) is 46.4 Å². The van der Waals surface area contributed by atoms with Crippen LogP contribution >= 0.6 is 0 Å². The van der Waals surface area contributed by atoms with Gasteiger partial charge in [0.25, 0.3) is 0 Å². The van der Waals surface area contributed by atoms with Crippen molar-refractivity contribution in [3.05, 3.63) is 88.2 Å². The zero-order valence-corrected chi connectivity index (χ0v) is 17.6. The smallest absolute Gasteiger partial charge is 0.318 e. The first-order valence-electron chi connectivity index (χ1n) is 9.96. The van der Waals surface area contributed by atoms with Gasteiger partial charge in [-0.25, -0.2) is 5.43 Å². The van der Waals surface area contributed by atoms with E-state index >= 15 is 0 Å². The fraction of sp³-hybridized carbons (Fsp3) is 0.250. The number of para-hydroxylation sites is 1. The molecule has 1 amide bonds. The van der Waals surface area contributed by atoms with Crippen molar-refractivity contribution < 1.29 is 18.0 Å². The predicted molar refractivity (Wildman–Crippen MR) is 116 cm³/mol. The molecule has 0 aliphatic rings. The molecule has 0 saturated heterocycles. The third kappa shape index (κ3) is 5.23. The van der Waals surface area contributed by atoms with Crippen molar-refractivity contribution in [2.75, 3.05) is 0 Å². The number of amides is 1. The van der Waals surface area contributed by atoms with E-state index in [0.29, 0.717) is 0 Å². The molecule has 0 aliphatic heterocycles. The maximum Gasteiger partial charge on any atom is 0.416 e. The van der Waals surface area contributed by atoms with E-state index in [4.69, 9.17) is 0 Å². The summed E-state index contributed by atoms with van der Waals surface area (Å²) >= 11 is 0. The molecule has 1 N–H and O–H groups in total. The molecule has 0 unspecified atom stereocenters. The maximum absolute atomic E-state index is 12.8. The Morgan fingerprint density at radius 1 is 1.10 bits per heavy atom. The molecule has 0 fully saturated rings. The van der Waals surface area contributed by atoms with Crippen molar-refractivity contribution in [2.24, 2.45) is 5.10 Å². The lowest BCUT2D eigenvalue weighted by Gasteiger charge is -2.13. The van der Waals surface area contributed by atoms with Gasteiger partial charge in [-0.15, -0.1) is 0 Å². The first kappa shape index (κ1) is 22.3. The SMILES string of the molecule is CCc1ccccc1-n1c(C)cc(/C=N/NC(=O)Cc2cccc(C(F)(F)F)c2)c1C. The van der Waals surface area contributed by atoms with Crippen molar-refractivity contribution in [3.8, 4) is 5.69 Å². The van der Waals surface area contributed by atoms with Crippen LogP contribution in [0, 0.1) is 13.8 Å². The Bertz CT molecular complexity index is 1110. The standard InChI is InChI=1S/C24H24F3N3O/c1-4-19-9-5-6-11-22(19)30-16(2)12-20(17(30)3)15-28-29-23(31)14-18-8-7-10-21(13-18)24(25,26)27/h5-13,15H,4,14H2,1-3H3,(H,29,31)/b28-15+. The van der Waals surface area contributed by atoms with Crippen LogP contribution in [0.3, 0.4) is 0 Å². The summed E-state index contributed by atoms with van der Waals surface area (Å²) in [6, 6.07) is 14.9. The molecule has 31 heavy (non-hydrogen) atoms. The fourth-order valence-electron chi connectivity index (χ4n) is 3.57. The summed E-state index contributed by atoms with van der Waals surface area (Å²) in [5.41, 5.74) is 7.09. The second-order valence-electron chi connectivity index (χ2n) is 7.31. The number of carbonyl (C=O) groups is 1. The third-order valence-corrected chi connectivity index (χ3v) is 5.10. The van der Waals surface area contributed by atoms with Crippen molar-refractivity contribution in [3.63, 3.8) is 0 Å². The molecule has 0 bridgehead atoms. The van der Waals surface area contributed by atoms with Gasteiger partial charge in [0.05, 0.1) is 18.2 Å². The van der Waals surface area contributed by atoms with E-state index in [1.54, 1.807) is 6.21 Å². The minimum Gasteiger partial charge on any atom is -0.318 e. The highest BCUT2D eigenvalue weighted by molar-refractivity contribution is 5.85. The number of hydrogen-bond acceptors (Lipinski definition) is 2. The number of nitrogens with one attached hydrogen (secondary N) is 1. The van der Waals surface area contributed by atoms with Gasteiger partial charge in [-0.3, -0.25) is 4.79 Å². The predicted octanol–water partition coefficient (Wildman–Crippen LogP) is 5.37. The Labute approximate surface area is 179 Å². The lowest BCUT2D eigenvalue weighted by atomic mass is 10.1. The monoisotopic (exact) mass is 427 g/mol. The molecular formula is C24H24F3N3O. The van der Waals surface area contributed by atoms with E-state index in [1.807, 2.05) is 32.0 Å². The number of alkyl halides is 3. The van der Waals surface area contributed by atoms with Gasteiger partial charge in [0.1, 0.15) is 0 Å². The van der Waals surface area contributed by atoms with Gasteiger partial charge in [0.15, 0.2) is 0 Å². The average molecular weight is 427 g/mol. The van der Waals surface area contributed by atoms with E-state index in [-0.39, 0.29) is 12.0 Å². The number of hydrazone groups is 1. The Morgan fingerprint density at radius 3 is 2.55 bits per heavy atom. The van der Waals surface area contributed by atoms with Gasteiger partial charge in [0, 0.05) is 22.6 Å². The maximum atomic E-state index is 12.8. The highest BCUT2D eigenvalue weighted by atomic mass is 19.4. The summed E-state index contributed by atoms with van der Waals surface area (Å²) in [6.45, 7) is 6.09. The molecule has 0 atom stereocenters. The van der Waals surface area contributed by atoms with E-state index in [0.717, 1.165) is 41.2 Å². The van der Waals surface area contributed by atoms with E-state index in [2.05, 4.69) is 34.2 Å². The number of aromatic nitrogens is 1. The molecule has 0 spiro atoms. The van der Waals surface area contributed by atoms with Crippen molar-refractivity contribution in [1.82, 2.24) is 9.99 Å². The minimum absolute atomic E-state index is 0.190. The number of benzene rings is 2. The first-order valence-corrected chi connectivity index (χ1v) is 9.96. The Balaban J connectivity index is 1.71. The van der Waals surface area contributed by atoms with Crippen molar-refractivity contribution >= 4 is 12.1 Å². The summed E-state index contributed by atoms with van der Waals surface area (Å²) < 4.78 is 40.6. The molecule has 0 radical (unpaired) electrons. The second kappa shape index (κ2) is 9.20. The lowest BCUT2D eigenvalue weighted by molar-refractivity contribution is -0.137. The van der Waals surface area contributed by atoms with Crippen LogP contribution in [-0.4, -0.2) is 16.7 Å². The Kier molecular flexibility index (Phi) is 6.63. The normalized spacial score (nSPS) is 11.8. The summed E-state index contributed by atoms with van der Waals surface area (Å²) in [5.74, 6) is -0.485. The number of rotatable bonds is 6. The molecule has 0 saturated carbocycles. The largest absolute Gasteiger partial charge is 0.416 e. The summed E-state index contributed by atoms with van der Waals surface area (Å²) in [5, 5.41) is 4.00. The van der Waals surface area contributed by atoms with Crippen LogP contribution in [0.15, 0.2) is 59.7 Å². The molecule has 0 aliphatic carbocycles. The number of hydrogen-bond donors (Lipinski definition) is 1. The molecule has 3 aromatic rings. The van der Waals surface area contributed by atoms with Gasteiger partial charge in [-0.05, 0) is 49.6 Å². The van der Waals surface area contributed by atoms with E-state index < -0.39 is 17.6 Å². The van der Waals surface area contributed by atoms with E-state index in [1.165, 1.54) is 17.7 Å². The molecular weight excluding hydrogens is 403 g/mol. The zero-order chi connectivity index (χ0) is 22.6. The Hall–Kier alpha value is -3.35. The molecule has 162 valence electrons. The zero-order valence-electron chi connectivity index (χ0n) is 17.6. The lowest BCUT2D eigenvalue weighted by Crippen LogP contribution is -2.20. The molecule has 3 rings (SSSR count). The van der Waals surface area contributed by atoms with Crippen LogP contribution in [0.2, 0.25) is 0 Å². The van der Waals surface area contributed by atoms with Crippen LogP contribution in [-0.2, 0) is 23.8 Å².